The summed E-state index contributed by atoms with van der Waals surface area (Å²) in [5.41, 5.74) is 1.14. The van der Waals surface area contributed by atoms with Crippen molar-refractivity contribution in [3.63, 3.8) is 0 Å². The molecule has 0 saturated carbocycles. The lowest BCUT2D eigenvalue weighted by atomic mass is 9.80. The number of hydrogen-bond donors (Lipinski definition) is 2. The van der Waals surface area contributed by atoms with Gasteiger partial charge in [-0.15, -0.1) is 0 Å². The summed E-state index contributed by atoms with van der Waals surface area (Å²) in [4.78, 5) is 38.6. The maximum Gasteiger partial charge on any atom is 0.280 e. The van der Waals surface area contributed by atoms with Crippen LogP contribution in [-0.4, -0.2) is 95.8 Å². The summed E-state index contributed by atoms with van der Waals surface area (Å²) in [5.74, 6) is 0.720. The van der Waals surface area contributed by atoms with E-state index in [0.29, 0.717) is 30.5 Å². The molecule has 1 aliphatic heterocycles. The zero-order chi connectivity index (χ0) is 49.6. The Morgan fingerprint density at radius 3 is 2.00 bits per heavy atom. The van der Waals surface area contributed by atoms with Crippen molar-refractivity contribution in [3.05, 3.63) is 112 Å². The topological polar surface area (TPSA) is 175 Å². The van der Waals surface area contributed by atoms with Crippen LogP contribution >= 0.6 is 8.30 Å². The molecule has 5 atom stereocenters. The van der Waals surface area contributed by atoms with Crippen molar-refractivity contribution in [3.8, 4) is 17.6 Å². The van der Waals surface area contributed by atoms with Gasteiger partial charge in [-0.1, -0.05) is 89.2 Å². The lowest BCUT2D eigenvalue weighted by Gasteiger charge is -2.43. The summed E-state index contributed by atoms with van der Waals surface area (Å²) < 4.78 is 45.4. The van der Waals surface area contributed by atoms with Crippen LogP contribution in [0.15, 0.2) is 90.0 Å². The van der Waals surface area contributed by atoms with Gasteiger partial charge in [-0.05, 0) is 93.2 Å². The molecule has 2 aromatic heterocycles. The number of nitriles is 1. The number of amides is 1. The Balaban J connectivity index is 1.59. The predicted molar refractivity (Wildman–Crippen MR) is 269 cm³/mol. The van der Waals surface area contributed by atoms with Crippen LogP contribution in [0.4, 0.5) is 5.95 Å². The third-order valence-corrected chi connectivity index (χ3v) is 19.9. The molecule has 1 aliphatic rings. The van der Waals surface area contributed by atoms with Gasteiger partial charge in [0.1, 0.15) is 43.7 Å². The minimum absolute atomic E-state index is 0.00649. The number of ether oxygens (including phenoxy) is 4. The SMILES string of the molecule is COc1ccc(C(OC[C@H]2O[C@@H](n3cnc4c(=O)[nH]c(NC(=O)C(C)C)nc43)C(O[Si](C)(C)C(C)(C)C)C2OP(CCCC#N)N(C(C)C)C(C)C)(c2ccccc2)c2ccc(OC)cc2)cc1. The van der Waals surface area contributed by atoms with Crippen LogP contribution in [0.3, 0.4) is 0 Å². The van der Waals surface area contributed by atoms with Crippen molar-refractivity contribution in [2.75, 3.05) is 32.3 Å². The van der Waals surface area contributed by atoms with Crippen molar-refractivity contribution < 1.29 is 32.7 Å². The number of unbranched alkanes of at least 4 members (excludes halogenated alkanes) is 1. The summed E-state index contributed by atoms with van der Waals surface area (Å²) in [7, 11) is -0.736. The lowest BCUT2D eigenvalue weighted by molar-refractivity contribution is -0.118. The van der Waals surface area contributed by atoms with Crippen molar-refractivity contribution in [2.24, 2.45) is 5.92 Å². The van der Waals surface area contributed by atoms with Gasteiger partial charge in [-0.3, -0.25) is 29.1 Å². The number of nitrogens with one attached hydrogen (secondary N) is 2. The first-order valence-electron chi connectivity index (χ1n) is 23.4. The molecule has 1 amide bonds. The standard InChI is InChI=1S/C51H70N7O8PSi/c1-33(2)46(59)55-49-54-45-42(47(60)56-49)53-32-57(45)48-44(66-68(12,13)50(7,8)9)43(65-67(30-18-17-29-52)58(34(3)4)35(5)6)41(64-48)31-63-51(36-19-15-14-16-20-36,37-21-25-39(61-10)26-22-37)38-23-27-40(62-11)28-24-38/h14-16,19-28,32-35,41,43-44,48H,17-18,30-31H2,1-13H3,(H2,54,55,56,59,60)/t41-,43?,44?,48-,67?/m1/s1. The molecule has 0 bridgehead atoms. The Kier molecular flexibility index (Phi) is 17.1. The number of benzene rings is 3. The van der Waals surface area contributed by atoms with Gasteiger partial charge in [0, 0.05) is 30.6 Å². The molecule has 6 rings (SSSR count). The normalized spacial score (nSPS) is 18.4. The van der Waals surface area contributed by atoms with Gasteiger partial charge in [0.15, 0.2) is 25.7 Å². The molecule has 2 N–H and O–H groups in total. The molecule has 68 heavy (non-hydrogen) atoms. The molecule has 3 aromatic carbocycles. The molecule has 17 heteroatoms. The van der Waals surface area contributed by atoms with Crippen molar-refractivity contribution in [1.29, 1.82) is 5.26 Å². The first kappa shape index (κ1) is 52.4. The van der Waals surface area contributed by atoms with E-state index in [1.807, 2.05) is 66.7 Å². The molecule has 3 heterocycles. The average Bonchev–Trinajstić information content (AvgIpc) is 3.87. The van der Waals surface area contributed by atoms with Crippen molar-refractivity contribution in [1.82, 2.24) is 24.2 Å². The number of carbonyl (C=O) groups is 1. The molecule has 15 nitrogen and oxygen atoms in total. The van der Waals surface area contributed by atoms with Crippen LogP contribution in [-0.2, 0) is 28.8 Å². The fourth-order valence-corrected chi connectivity index (χ4v) is 12.0. The fourth-order valence-electron chi connectivity index (χ4n) is 8.32. The highest BCUT2D eigenvalue weighted by Crippen LogP contribution is 2.52. The Morgan fingerprint density at radius 1 is 0.912 bits per heavy atom. The molecule has 5 aromatic rings. The number of carbonyl (C=O) groups excluding carboxylic acids is 1. The molecular weight excluding hydrogens is 898 g/mol. The Morgan fingerprint density at radius 2 is 1.49 bits per heavy atom. The van der Waals surface area contributed by atoms with Crippen LogP contribution in [0, 0.1) is 17.2 Å². The zero-order valence-corrected chi connectivity index (χ0v) is 43.8. The van der Waals surface area contributed by atoms with E-state index in [4.69, 9.17) is 32.9 Å². The number of imidazole rings is 1. The van der Waals surface area contributed by atoms with Crippen LogP contribution in [0.1, 0.15) is 98.1 Å². The highest BCUT2D eigenvalue weighted by molar-refractivity contribution is 7.50. The fraction of sp³-hybridized carbons (Fsp3) is 0.510. The summed E-state index contributed by atoms with van der Waals surface area (Å²) in [6.07, 6.45) is -0.0272. The summed E-state index contributed by atoms with van der Waals surface area (Å²) in [5, 5.41) is 12.2. The number of aromatic nitrogens is 4. The minimum Gasteiger partial charge on any atom is -0.497 e. The van der Waals surface area contributed by atoms with E-state index in [9.17, 15) is 14.9 Å². The summed E-state index contributed by atoms with van der Waals surface area (Å²) >= 11 is 0. The minimum atomic E-state index is -2.66. The highest BCUT2D eigenvalue weighted by Gasteiger charge is 2.54. The van der Waals surface area contributed by atoms with E-state index < -0.39 is 52.3 Å². The van der Waals surface area contributed by atoms with Crippen LogP contribution in [0.5, 0.6) is 11.5 Å². The van der Waals surface area contributed by atoms with Crippen LogP contribution in [0.25, 0.3) is 11.2 Å². The van der Waals surface area contributed by atoms with Crippen molar-refractivity contribution in [2.45, 2.75) is 136 Å². The molecule has 1 saturated heterocycles. The molecule has 1 fully saturated rings. The van der Waals surface area contributed by atoms with E-state index >= 15 is 0 Å². The van der Waals surface area contributed by atoms with E-state index in [2.05, 4.69) is 99.7 Å². The van der Waals surface area contributed by atoms with Gasteiger partial charge in [0.05, 0.1) is 33.2 Å². The van der Waals surface area contributed by atoms with E-state index in [1.54, 1.807) is 39.0 Å². The maximum absolute atomic E-state index is 13.6. The second kappa shape index (κ2) is 22.2. The Labute approximate surface area is 403 Å². The molecule has 0 radical (unpaired) electrons. The van der Waals surface area contributed by atoms with E-state index in [-0.39, 0.29) is 52.7 Å². The average molecular weight is 968 g/mol. The molecular formula is C51H70N7O8PSi. The van der Waals surface area contributed by atoms with E-state index in [1.165, 1.54) is 0 Å². The quantitative estimate of drug-likeness (QED) is 0.0309. The largest absolute Gasteiger partial charge is 0.497 e. The molecule has 0 spiro atoms. The number of methoxy groups -OCH3 is 2. The lowest BCUT2D eigenvalue weighted by Crippen LogP contribution is -2.50. The summed E-state index contributed by atoms with van der Waals surface area (Å²) in [6, 6.07) is 28.4. The number of anilines is 1. The predicted octanol–water partition coefficient (Wildman–Crippen LogP) is 10.1. The smallest absolute Gasteiger partial charge is 0.280 e. The second-order valence-electron chi connectivity index (χ2n) is 19.6. The zero-order valence-electron chi connectivity index (χ0n) is 41.9. The Hall–Kier alpha value is -4.98. The number of H-pyrrole nitrogens is 1. The molecule has 366 valence electrons. The van der Waals surface area contributed by atoms with Gasteiger partial charge in [-0.2, -0.15) is 10.2 Å². The van der Waals surface area contributed by atoms with Crippen molar-refractivity contribution >= 4 is 39.6 Å². The second-order valence-corrected chi connectivity index (χ2v) is 26.2. The van der Waals surface area contributed by atoms with Crippen LogP contribution in [0.2, 0.25) is 18.1 Å². The Bertz CT molecular complexity index is 2480. The number of aromatic amines is 1. The first-order chi connectivity index (χ1) is 32.3. The van der Waals surface area contributed by atoms with Gasteiger partial charge >= 0.3 is 0 Å². The maximum atomic E-state index is 13.6. The van der Waals surface area contributed by atoms with E-state index in [0.717, 1.165) is 16.7 Å². The number of hydrogen-bond acceptors (Lipinski definition) is 12. The molecule has 3 unspecified atom stereocenters. The first-order valence-corrected chi connectivity index (χ1v) is 27.8. The highest BCUT2D eigenvalue weighted by atomic mass is 31.2. The third kappa shape index (κ3) is 11.4. The molecule has 0 aliphatic carbocycles. The van der Waals surface area contributed by atoms with Crippen LogP contribution < -0.4 is 20.3 Å². The number of nitrogens with zero attached hydrogens (tertiary/aromatic N) is 5. The van der Waals surface area contributed by atoms with Gasteiger partial charge < -0.3 is 27.9 Å². The number of rotatable bonds is 21. The number of fused-ring (bicyclic) bond motifs is 1. The van der Waals surface area contributed by atoms with Gasteiger partial charge in [0.2, 0.25) is 11.9 Å². The van der Waals surface area contributed by atoms with Gasteiger partial charge in [0.25, 0.3) is 5.56 Å². The monoisotopic (exact) mass is 967 g/mol. The summed E-state index contributed by atoms with van der Waals surface area (Å²) in [6.45, 7) is 23.1. The third-order valence-electron chi connectivity index (χ3n) is 12.8. The van der Waals surface area contributed by atoms with Gasteiger partial charge in [-0.25, -0.2) is 4.98 Å².